The lowest BCUT2D eigenvalue weighted by molar-refractivity contribution is 0.102. The van der Waals surface area contributed by atoms with Gasteiger partial charge in [-0.2, -0.15) is 4.37 Å². The van der Waals surface area contributed by atoms with E-state index in [2.05, 4.69) is 30.6 Å². The maximum atomic E-state index is 14.9. The monoisotopic (exact) mass is 534 g/mol. The second-order valence-corrected chi connectivity index (χ2v) is 9.23. The van der Waals surface area contributed by atoms with Crippen molar-refractivity contribution in [2.75, 3.05) is 5.32 Å². The number of hydrogen-bond donors (Lipinski definition) is 2. The molecule has 6 nitrogen and oxygen atoms in total. The Bertz CT molecular complexity index is 1620. The third kappa shape index (κ3) is 4.15. The lowest BCUT2D eigenvalue weighted by Crippen LogP contribution is -2.16. The molecule has 5 aromatic rings. The Labute approximate surface area is 205 Å². The zero-order valence-electron chi connectivity index (χ0n) is 17.7. The first-order chi connectivity index (χ1) is 16.4. The van der Waals surface area contributed by atoms with Gasteiger partial charge in [0.1, 0.15) is 5.82 Å². The molecule has 0 spiro atoms. The van der Waals surface area contributed by atoms with Crippen LogP contribution in [0.15, 0.2) is 76.0 Å². The Morgan fingerprint density at radius 1 is 1.06 bits per heavy atom. The van der Waals surface area contributed by atoms with Gasteiger partial charge in [-0.25, -0.2) is 9.37 Å². The summed E-state index contributed by atoms with van der Waals surface area (Å²) >= 11 is 4.22. The molecule has 0 aliphatic rings. The van der Waals surface area contributed by atoms with Gasteiger partial charge in [-0.1, -0.05) is 46.3 Å². The first-order valence-electron chi connectivity index (χ1n) is 10.2. The smallest absolute Gasteiger partial charge is 0.319 e. The fourth-order valence-corrected chi connectivity index (χ4v) is 4.63. The highest BCUT2D eigenvalue weighted by Crippen LogP contribution is 2.32. The third-order valence-corrected chi connectivity index (χ3v) is 6.43. The zero-order valence-corrected chi connectivity index (χ0v) is 20.1. The van der Waals surface area contributed by atoms with E-state index in [1.54, 1.807) is 6.07 Å². The van der Waals surface area contributed by atoms with Gasteiger partial charge < -0.3 is 5.32 Å². The van der Waals surface area contributed by atoms with Crippen molar-refractivity contribution in [3.05, 3.63) is 97.8 Å². The first kappa shape index (κ1) is 22.1. The van der Waals surface area contributed by atoms with Crippen molar-refractivity contribution in [2.45, 2.75) is 6.92 Å². The summed E-state index contributed by atoms with van der Waals surface area (Å²) in [5, 5.41) is 3.35. The van der Waals surface area contributed by atoms with Crippen LogP contribution < -0.4 is 10.2 Å². The number of nitrogens with one attached hydrogen (secondary N) is 2. The highest BCUT2D eigenvalue weighted by Gasteiger charge is 2.20. The first-order valence-corrected chi connectivity index (χ1v) is 11.8. The minimum Gasteiger partial charge on any atom is -0.319 e. The molecule has 34 heavy (non-hydrogen) atoms. The van der Waals surface area contributed by atoms with E-state index in [0.29, 0.717) is 33.3 Å². The van der Waals surface area contributed by atoms with Crippen LogP contribution in [0.3, 0.4) is 0 Å². The summed E-state index contributed by atoms with van der Waals surface area (Å²) < 4.78 is 19.7. The van der Waals surface area contributed by atoms with Gasteiger partial charge in [0, 0.05) is 32.5 Å². The molecule has 0 bridgehead atoms. The fraction of sp³-hybridized carbons (Fsp3) is 0.0400. The van der Waals surface area contributed by atoms with Crippen molar-refractivity contribution in [1.82, 2.24) is 14.3 Å². The number of carbonyl (C=O) groups is 1. The van der Waals surface area contributed by atoms with Crippen LogP contribution in [0.25, 0.3) is 33.5 Å². The van der Waals surface area contributed by atoms with Crippen LogP contribution in [0.4, 0.5) is 10.1 Å². The van der Waals surface area contributed by atoms with Gasteiger partial charge in [0.2, 0.25) is 0 Å². The van der Waals surface area contributed by atoms with E-state index < -0.39 is 11.7 Å². The van der Waals surface area contributed by atoms with Crippen molar-refractivity contribution in [3.8, 4) is 22.6 Å². The molecule has 0 radical (unpaired) electrons. The van der Waals surface area contributed by atoms with Crippen LogP contribution >= 0.6 is 27.5 Å². The summed E-state index contributed by atoms with van der Waals surface area (Å²) in [6.45, 7) is 1.84. The number of rotatable bonds is 4. The Morgan fingerprint density at radius 2 is 1.85 bits per heavy atom. The number of halogens is 2. The average Bonchev–Trinajstić information content (AvgIpc) is 3.26. The van der Waals surface area contributed by atoms with Gasteiger partial charge in [0.05, 0.1) is 22.5 Å². The fourth-order valence-electron chi connectivity index (χ4n) is 3.80. The minimum absolute atomic E-state index is 0.0203. The molecule has 0 aliphatic carbocycles. The second kappa shape index (κ2) is 8.92. The maximum Gasteiger partial charge on any atom is 0.323 e. The Hall–Kier alpha value is -3.69. The van der Waals surface area contributed by atoms with Gasteiger partial charge in [-0.05, 0) is 48.9 Å². The summed E-state index contributed by atoms with van der Waals surface area (Å²) in [7, 11) is 0. The van der Waals surface area contributed by atoms with Crippen molar-refractivity contribution < 1.29 is 9.18 Å². The van der Waals surface area contributed by atoms with Gasteiger partial charge in [0.15, 0.2) is 5.82 Å². The number of aromatic amines is 1. The highest BCUT2D eigenvalue weighted by atomic mass is 79.9. The summed E-state index contributed by atoms with van der Waals surface area (Å²) in [5.41, 5.74) is 3.75. The number of H-pyrrole nitrogens is 1. The molecular formula is C25H16BrFN4O2S. The predicted molar refractivity (Wildman–Crippen MR) is 136 cm³/mol. The summed E-state index contributed by atoms with van der Waals surface area (Å²) in [6, 6.07) is 19.4. The van der Waals surface area contributed by atoms with Crippen LogP contribution in [0.5, 0.6) is 0 Å². The third-order valence-electron chi connectivity index (χ3n) is 5.40. The molecule has 3 aromatic carbocycles. The Morgan fingerprint density at radius 3 is 2.56 bits per heavy atom. The van der Waals surface area contributed by atoms with E-state index in [4.69, 9.17) is 4.98 Å². The van der Waals surface area contributed by atoms with E-state index in [9.17, 15) is 14.0 Å². The summed E-state index contributed by atoms with van der Waals surface area (Å²) in [6.07, 6.45) is 0. The lowest BCUT2D eigenvalue weighted by Gasteiger charge is -2.15. The highest BCUT2D eigenvalue weighted by molar-refractivity contribution is 9.10. The average molecular weight is 535 g/mol. The van der Waals surface area contributed by atoms with E-state index in [1.165, 1.54) is 12.1 Å². The molecule has 0 saturated carbocycles. The van der Waals surface area contributed by atoms with Gasteiger partial charge in [0.25, 0.3) is 5.91 Å². The quantitative estimate of drug-likeness (QED) is 0.288. The van der Waals surface area contributed by atoms with Crippen LogP contribution in [0, 0.1) is 12.7 Å². The number of hydrogen-bond acceptors (Lipinski definition) is 5. The van der Waals surface area contributed by atoms with Gasteiger partial charge in [-0.15, -0.1) is 0 Å². The Balaban J connectivity index is 1.58. The number of carbonyl (C=O) groups excluding carboxylic acids is 1. The number of nitrogens with zero attached hydrogens (tertiary/aromatic N) is 2. The molecule has 2 N–H and O–H groups in total. The molecule has 5 rings (SSSR count). The largest absolute Gasteiger partial charge is 0.323 e. The van der Waals surface area contributed by atoms with Crippen molar-refractivity contribution >= 4 is 50.0 Å². The Kier molecular flexibility index (Phi) is 5.80. The molecule has 9 heteroatoms. The lowest BCUT2D eigenvalue weighted by atomic mass is 9.97. The number of amides is 1. The van der Waals surface area contributed by atoms with E-state index >= 15 is 0 Å². The van der Waals surface area contributed by atoms with Gasteiger partial charge in [-0.3, -0.25) is 14.6 Å². The van der Waals surface area contributed by atoms with Crippen molar-refractivity contribution in [1.29, 1.82) is 0 Å². The van der Waals surface area contributed by atoms with Crippen LogP contribution in [0.2, 0.25) is 0 Å². The maximum absolute atomic E-state index is 14.9. The van der Waals surface area contributed by atoms with Gasteiger partial charge >= 0.3 is 4.87 Å². The number of benzene rings is 3. The zero-order chi connectivity index (χ0) is 23.8. The minimum atomic E-state index is -0.639. The number of pyridine rings is 1. The van der Waals surface area contributed by atoms with E-state index in [-0.39, 0.29) is 16.4 Å². The molecule has 1 amide bonds. The van der Waals surface area contributed by atoms with Crippen LogP contribution in [-0.2, 0) is 0 Å². The molecule has 2 aromatic heterocycles. The molecule has 0 atom stereocenters. The molecule has 0 unspecified atom stereocenters. The topological polar surface area (TPSA) is 87.7 Å². The summed E-state index contributed by atoms with van der Waals surface area (Å²) in [5.74, 6) is -0.811. The molecule has 2 heterocycles. The normalized spacial score (nSPS) is 11.0. The molecule has 0 aliphatic heterocycles. The number of fused-ring (bicyclic) bond motifs is 1. The predicted octanol–water partition coefficient (Wildman–Crippen LogP) is 6.18. The SMILES string of the molecule is Cc1c(-c2ccccc2)nc2ccc(Br)cc2c1C(=O)Nc1ccc(-c2nsc(=O)[nH]2)cc1F. The van der Waals surface area contributed by atoms with Crippen molar-refractivity contribution in [3.63, 3.8) is 0 Å². The second-order valence-electron chi connectivity index (χ2n) is 7.58. The summed E-state index contributed by atoms with van der Waals surface area (Å²) in [4.78, 5) is 31.8. The van der Waals surface area contributed by atoms with Crippen molar-refractivity contribution in [2.24, 2.45) is 0 Å². The van der Waals surface area contributed by atoms with E-state index in [0.717, 1.165) is 21.6 Å². The molecular weight excluding hydrogens is 519 g/mol. The van der Waals surface area contributed by atoms with E-state index in [1.807, 2.05) is 55.5 Å². The molecule has 0 fully saturated rings. The van der Waals surface area contributed by atoms with Crippen LogP contribution in [0.1, 0.15) is 15.9 Å². The standard InChI is InChI=1S/C25H16BrFN4O2S/c1-13-21(17-12-16(26)8-10-19(17)28-22(13)14-5-3-2-4-6-14)24(32)29-20-9-7-15(11-18(20)27)23-30-25(33)34-31-23/h2-12H,1H3,(H,29,32)(H,30,31,33). The molecule has 0 saturated heterocycles. The molecule has 168 valence electrons. The number of anilines is 1. The van der Waals surface area contributed by atoms with Crippen LogP contribution in [-0.4, -0.2) is 20.2 Å². The number of aromatic nitrogens is 3.